The molecule has 17 heavy (non-hydrogen) atoms. The van der Waals surface area contributed by atoms with Gasteiger partial charge in [0.2, 0.25) is 0 Å². The van der Waals surface area contributed by atoms with Gasteiger partial charge in [-0.2, -0.15) is 0 Å². The molecule has 0 aliphatic carbocycles. The second kappa shape index (κ2) is 7.68. The van der Waals surface area contributed by atoms with E-state index in [1.165, 1.54) is 0 Å². The molecule has 6 heteroatoms. The number of rotatable bonds is 8. The van der Waals surface area contributed by atoms with Crippen molar-refractivity contribution in [3.63, 3.8) is 0 Å². The predicted octanol–water partition coefficient (Wildman–Crippen LogP) is 2.38. The number of hydrogen-bond acceptors (Lipinski definition) is 4. The van der Waals surface area contributed by atoms with E-state index in [4.69, 9.17) is 10.5 Å². The summed E-state index contributed by atoms with van der Waals surface area (Å²) in [4.78, 5) is 5.55. The molecule has 0 saturated heterocycles. The number of nitrogens with zero attached hydrogens (tertiary/aromatic N) is 1. The molecule has 0 spiro atoms. The molecule has 0 aromatic carbocycles. The average Bonchev–Trinajstić information content (AvgIpc) is 2.67. The third-order valence-corrected chi connectivity index (χ3v) is 3.38. The van der Waals surface area contributed by atoms with E-state index < -0.39 is 13.0 Å². The van der Waals surface area contributed by atoms with Crippen molar-refractivity contribution in [3.8, 4) is 0 Å². The summed E-state index contributed by atoms with van der Waals surface area (Å²) in [6.07, 6.45) is 0.120. The summed E-state index contributed by atoms with van der Waals surface area (Å²) in [6, 6.07) is 0. The van der Waals surface area contributed by atoms with Gasteiger partial charge in [0.1, 0.15) is 6.61 Å². The second-order valence-corrected chi connectivity index (χ2v) is 4.82. The Bertz CT molecular complexity index is 331. The van der Waals surface area contributed by atoms with Gasteiger partial charge < -0.3 is 10.5 Å². The van der Waals surface area contributed by atoms with Crippen molar-refractivity contribution in [2.24, 2.45) is 5.73 Å². The van der Waals surface area contributed by atoms with Crippen molar-refractivity contribution in [1.29, 1.82) is 0 Å². The Labute approximate surface area is 104 Å². The lowest BCUT2D eigenvalue weighted by atomic mass is 10.2. The van der Waals surface area contributed by atoms with Crippen molar-refractivity contribution in [3.05, 3.63) is 15.6 Å². The number of hydrogen-bond donors (Lipinski definition) is 1. The van der Waals surface area contributed by atoms with Crippen molar-refractivity contribution in [2.75, 3.05) is 13.2 Å². The standard InChI is InChI=1S/C11H18F2N2OS/c1-2-3-8-9(6-14)17-11(15-8)4-5-16-7-10(12)13/h10H,2-7,14H2,1H3. The van der Waals surface area contributed by atoms with E-state index in [2.05, 4.69) is 11.9 Å². The SMILES string of the molecule is CCCc1nc(CCOCC(F)F)sc1CN. The second-order valence-electron chi connectivity index (χ2n) is 3.65. The fourth-order valence-electron chi connectivity index (χ4n) is 1.47. The summed E-state index contributed by atoms with van der Waals surface area (Å²) in [6.45, 7) is 2.36. The van der Waals surface area contributed by atoms with Gasteiger partial charge in [0, 0.05) is 17.8 Å². The molecule has 1 rings (SSSR count). The molecule has 0 bridgehead atoms. The molecule has 1 aromatic heterocycles. The minimum absolute atomic E-state index is 0.285. The maximum absolute atomic E-state index is 11.8. The summed E-state index contributed by atoms with van der Waals surface area (Å²) >= 11 is 1.55. The summed E-state index contributed by atoms with van der Waals surface area (Å²) in [5.41, 5.74) is 6.67. The van der Waals surface area contributed by atoms with Crippen LogP contribution in [0.3, 0.4) is 0 Å². The van der Waals surface area contributed by atoms with E-state index in [0.29, 0.717) is 13.0 Å². The topological polar surface area (TPSA) is 48.1 Å². The molecule has 0 fully saturated rings. The number of halogens is 2. The first-order valence-corrected chi connectivity index (χ1v) is 6.52. The zero-order valence-electron chi connectivity index (χ0n) is 9.92. The minimum atomic E-state index is -2.40. The number of nitrogens with two attached hydrogens (primary N) is 1. The molecule has 3 nitrogen and oxygen atoms in total. The fraction of sp³-hybridized carbons (Fsp3) is 0.727. The number of ether oxygens (including phenoxy) is 1. The highest BCUT2D eigenvalue weighted by atomic mass is 32.1. The van der Waals surface area contributed by atoms with Crippen LogP contribution in [0.25, 0.3) is 0 Å². The Morgan fingerprint density at radius 2 is 2.18 bits per heavy atom. The van der Waals surface area contributed by atoms with Gasteiger partial charge in [-0.1, -0.05) is 13.3 Å². The molecule has 1 aromatic rings. The van der Waals surface area contributed by atoms with Crippen molar-refractivity contribution in [2.45, 2.75) is 39.2 Å². The Morgan fingerprint density at radius 3 is 2.76 bits per heavy atom. The Balaban J connectivity index is 2.42. The van der Waals surface area contributed by atoms with E-state index in [1.807, 2.05) is 0 Å². The first-order valence-electron chi connectivity index (χ1n) is 5.70. The Kier molecular flexibility index (Phi) is 6.54. The van der Waals surface area contributed by atoms with E-state index in [1.54, 1.807) is 11.3 Å². The van der Waals surface area contributed by atoms with Crippen LogP contribution in [0.1, 0.15) is 28.9 Å². The molecular formula is C11H18F2N2OS. The Hall–Kier alpha value is -0.590. The van der Waals surface area contributed by atoms with Crippen molar-refractivity contribution in [1.82, 2.24) is 4.98 Å². The molecule has 2 N–H and O–H groups in total. The third-order valence-electron chi connectivity index (χ3n) is 2.20. The van der Waals surface area contributed by atoms with Gasteiger partial charge in [-0.05, 0) is 6.42 Å². The largest absolute Gasteiger partial charge is 0.375 e. The number of alkyl halides is 2. The highest BCUT2D eigenvalue weighted by molar-refractivity contribution is 7.11. The summed E-state index contributed by atoms with van der Waals surface area (Å²) in [5, 5.41) is 0.920. The lowest BCUT2D eigenvalue weighted by Crippen LogP contribution is -2.06. The van der Waals surface area contributed by atoms with Crippen LogP contribution in [-0.2, 0) is 24.1 Å². The van der Waals surface area contributed by atoms with Gasteiger partial charge in [-0.15, -0.1) is 11.3 Å². The lowest BCUT2D eigenvalue weighted by molar-refractivity contribution is 0.0187. The maximum Gasteiger partial charge on any atom is 0.261 e. The van der Waals surface area contributed by atoms with Gasteiger partial charge >= 0.3 is 0 Å². The van der Waals surface area contributed by atoms with Crippen molar-refractivity contribution >= 4 is 11.3 Å². The molecule has 1 heterocycles. The minimum Gasteiger partial charge on any atom is -0.375 e. The van der Waals surface area contributed by atoms with E-state index in [-0.39, 0.29) is 6.61 Å². The van der Waals surface area contributed by atoms with Gasteiger partial charge in [-0.25, -0.2) is 13.8 Å². The van der Waals surface area contributed by atoms with E-state index in [0.717, 1.165) is 28.4 Å². The molecule has 0 saturated carbocycles. The third kappa shape index (κ3) is 5.06. The molecule has 0 unspecified atom stereocenters. The highest BCUT2D eigenvalue weighted by Gasteiger charge is 2.09. The van der Waals surface area contributed by atoms with Gasteiger partial charge in [0.15, 0.2) is 0 Å². The first-order chi connectivity index (χ1) is 8.17. The van der Waals surface area contributed by atoms with Crippen LogP contribution in [0.4, 0.5) is 8.78 Å². The highest BCUT2D eigenvalue weighted by Crippen LogP contribution is 2.20. The summed E-state index contributed by atoms with van der Waals surface area (Å²) in [7, 11) is 0. The van der Waals surface area contributed by atoms with Gasteiger partial charge in [0.25, 0.3) is 6.43 Å². The van der Waals surface area contributed by atoms with Crippen LogP contribution >= 0.6 is 11.3 Å². The molecule has 98 valence electrons. The van der Waals surface area contributed by atoms with Crippen LogP contribution in [0.5, 0.6) is 0 Å². The van der Waals surface area contributed by atoms with Gasteiger partial charge in [0.05, 0.1) is 17.3 Å². The Morgan fingerprint density at radius 1 is 1.41 bits per heavy atom. The zero-order valence-corrected chi connectivity index (χ0v) is 10.7. The predicted molar refractivity (Wildman–Crippen MR) is 64.5 cm³/mol. The lowest BCUT2D eigenvalue weighted by Gasteiger charge is -2.00. The summed E-state index contributed by atoms with van der Waals surface area (Å²) in [5.74, 6) is 0. The smallest absolute Gasteiger partial charge is 0.261 e. The fourth-order valence-corrected chi connectivity index (χ4v) is 2.44. The van der Waals surface area contributed by atoms with E-state index >= 15 is 0 Å². The average molecular weight is 264 g/mol. The number of thiazole rings is 1. The van der Waals surface area contributed by atoms with Crippen LogP contribution in [0, 0.1) is 0 Å². The van der Waals surface area contributed by atoms with Crippen molar-refractivity contribution < 1.29 is 13.5 Å². The summed E-state index contributed by atoms with van der Waals surface area (Å²) < 4.78 is 28.5. The van der Waals surface area contributed by atoms with Crippen LogP contribution in [0.2, 0.25) is 0 Å². The quantitative estimate of drug-likeness (QED) is 0.733. The molecule has 0 aliphatic heterocycles. The molecule has 0 amide bonds. The number of aryl methyl sites for hydroxylation is 1. The number of aromatic nitrogens is 1. The van der Waals surface area contributed by atoms with Crippen LogP contribution in [0.15, 0.2) is 0 Å². The molecule has 0 atom stereocenters. The van der Waals surface area contributed by atoms with Crippen LogP contribution in [-0.4, -0.2) is 24.6 Å². The van der Waals surface area contributed by atoms with E-state index in [9.17, 15) is 8.78 Å². The zero-order chi connectivity index (χ0) is 12.7. The molecule has 0 aliphatic rings. The first kappa shape index (κ1) is 14.5. The molecule has 0 radical (unpaired) electrons. The van der Waals surface area contributed by atoms with Gasteiger partial charge in [-0.3, -0.25) is 0 Å². The molecular weight excluding hydrogens is 246 g/mol. The normalized spacial score (nSPS) is 11.4. The van der Waals surface area contributed by atoms with Crippen LogP contribution < -0.4 is 5.73 Å². The monoisotopic (exact) mass is 264 g/mol. The maximum atomic E-state index is 11.8.